The van der Waals surface area contributed by atoms with Gasteiger partial charge in [0, 0.05) is 30.3 Å². The van der Waals surface area contributed by atoms with Crippen LogP contribution < -0.4 is 0 Å². The summed E-state index contributed by atoms with van der Waals surface area (Å²) < 4.78 is 23.3. The molecule has 0 bridgehead atoms. The lowest BCUT2D eigenvalue weighted by atomic mass is 9.90. The molecule has 6 nitrogen and oxygen atoms in total. The number of piperidine rings is 1. The summed E-state index contributed by atoms with van der Waals surface area (Å²) in [4.78, 5) is 17.8. The molecule has 2 aromatic rings. The molecule has 0 unspecified atom stereocenters. The van der Waals surface area contributed by atoms with E-state index in [9.17, 15) is 4.79 Å². The van der Waals surface area contributed by atoms with Crippen molar-refractivity contribution in [3.63, 3.8) is 0 Å². The van der Waals surface area contributed by atoms with Gasteiger partial charge in [0.1, 0.15) is 11.9 Å². The number of rotatable bonds is 1. The number of ether oxygens (including phenoxy) is 1. The molecule has 23 heavy (non-hydrogen) atoms. The molecule has 1 amide bonds. The minimum atomic E-state index is -0.524. The first-order chi connectivity index (χ1) is 11.7. The fourth-order valence-corrected chi connectivity index (χ4v) is 2.97. The van der Waals surface area contributed by atoms with Crippen LogP contribution in [0.4, 0.5) is 4.79 Å². The SMILES string of the molecule is [2H]c1c(Cl)c(C2CCN(C(=O)OC(C)(C)C)CC2)c([2H])n2ncnc12. The van der Waals surface area contributed by atoms with Gasteiger partial charge >= 0.3 is 6.09 Å². The van der Waals surface area contributed by atoms with Gasteiger partial charge in [0.2, 0.25) is 0 Å². The van der Waals surface area contributed by atoms with Crippen molar-refractivity contribution < 1.29 is 12.3 Å². The van der Waals surface area contributed by atoms with E-state index in [0.29, 0.717) is 31.5 Å². The first-order valence-corrected chi connectivity index (χ1v) is 8.03. The predicted molar refractivity (Wildman–Crippen MR) is 87.8 cm³/mol. The fourth-order valence-electron chi connectivity index (χ4n) is 2.68. The third kappa shape index (κ3) is 3.58. The maximum atomic E-state index is 12.2. The number of carbonyl (C=O) groups excluding carboxylic acids is 1. The van der Waals surface area contributed by atoms with Crippen LogP contribution >= 0.6 is 11.6 Å². The van der Waals surface area contributed by atoms with Crippen LogP contribution in [0.25, 0.3) is 5.65 Å². The van der Waals surface area contributed by atoms with Crippen LogP contribution in [0.2, 0.25) is 5.02 Å². The molecule has 1 aliphatic rings. The van der Waals surface area contributed by atoms with Gasteiger partial charge in [0.05, 0.1) is 2.74 Å². The van der Waals surface area contributed by atoms with Crippen LogP contribution in [0.15, 0.2) is 18.5 Å². The van der Waals surface area contributed by atoms with E-state index in [1.165, 1.54) is 10.8 Å². The average Bonchev–Trinajstić information content (AvgIpc) is 3.02. The normalized spacial score (nSPS) is 18.0. The molecule has 0 aromatic carbocycles. The number of amides is 1. The van der Waals surface area contributed by atoms with Crippen LogP contribution in [0.5, 0.6) is 0 Å². The van der Waals surface area contributed by atoms with Crippen LogP contribution in [-0.2, 0) is 4.74 Å². The standard InChI is InChI=1S/C16H21ClN4O2/c1-16(2,3)23-15(22)20-6-4-11(5-7-20)12-9-21-14(8-13(12)17)18-10-19-21/h8-11H,4-7H2,1-3H3/i8D,9D. The summed E-state index contributed by atoms with van der Waals surface area (Å²) in [5.74, 6) is -0.00335. The van der Waals surface area contributed by atoms with Crippen LogP contribution in [0.1, 0.15) is 47.8 Å². The number of pyridine rings is 1. The van der Waals surface area contributed by atoms with E-state index in [1.807, 2.05) is 20.8 Å². The highest BCUT2D eigenvalue weighted by Crippen LogP contribution is 2.33. The van der Waals surface area contributed by atoms with Gasteiger partial charge < -0.3 is 9.64 Å². The van der Waals surface area contributed by atoms with Crippen molar-refractivity contribution in [2.75, 3.05) is 13.1 Å². The molecular formula is C16H21ClN4O2. The zero-order valence-electron chi connectivity index (χ0n) is 15.5. The summed E-state index contributed by atoms with van der Waals surface area (Å²) in [6.45, 7) is 6.57. The summed E-state index contributed by atoms with van der Waals surface area (Å²) >= 11 is 6.36. The van der Waals surface area contributed by atoms with Gasteiger partial charge in [-0.15, -0.1) is 0 Å². The zero-order valence-corrected chi connectivity index (χ0v) is 14.2. The lowest BCUT2D eigenvalue weighted by Crippen LogP contribution is -2.41. The van der Waals surface area contributed by atoms with Gasteiger partial charge in [-0.1, -0.05) is 11.6 Å². The molecule has 7 heteroatoms. The van der Waals surface area contributed by atoms with Gasteiger partial charge in [0.15, 0.2) is 5.65 Å². The van der Waals surface area contributed by atoms with Crippen molar-refractivity contribution in [3.8, 4) is 0 Å². The minimum Gasteiger partial charge on any atom is -0.444 e. The Morgan fingerprint density at radius 1 is 1.43 bits per heavy atom. The molecular weight excluding hydrogens is 316 g/mol. The second-order valence-electron chi connectivity index (χ2n) is 6.70. The molecule has 3 heterocycles. The Labute approximate surface area is 143 Å². The quantitative estimate of drug-likeness (QED) is 0.798. The van der Waals surface area contributed by atoms with Crippen molar-refractivity contribution in [2.45, 2.75) is 45.1 Å². The number of carbonyl (C=O) groups is 1. The summed E-state index contributed by atoms with van der Waals surface area (Å²) in [5, 5.41) is 4.27. The molecule has 0 atom stereocenters. The van der Waals surface area contributed by atoms with E-state index in [1.54, 1.807) is 4.90 Å². The van der Waals surface area contributed by atoms with E-state index >= 15 is 0 Å². The minimum absolute atomic E-state index is 0.00335. The molecule has 3 rings (SSSR count). The Kier molecular flexibility index (Phi) is 3.55. The van der Waals surface area contributed by atoms with E-state index in [2.05, 4.69) is 10.1 Å². The number of aromatic nitrogens is 3. The molecule has 0 radical (unpaired) electrons. The number of fused-ring (bicyclic) bond motifs is 1. The predicted octanol–water partition coefficient (Wildman–Crippen LogP) is 3.50. The zero-order chi connectivity index (χ0) is 18.4. The first-order valence-electron chi connectivity index (χ1n) is 8.65. The monoisotopic (exact) mass is 338 g/mol. The molecule has 1 saturated heterocycles. The smallest absolute Gasteiger partial charge is 0.410 e. The van der Waals surface area contributed by atoms with Gasteiger partial charge in [-0.25, -0.2) is 14.3 Å². The van der Waals surface area contributed by atoms with Crippen molar-refractivity contribution in [1.29, 1.82) is 0 Å². The number of hydrogen-bond donors (Lipinski definition) is 0. The molecule has 0 N–H and O–H groups in total. The van der Waals surface area contributed by atoms with E-state index in [0.717, 1.165) is 0 Å². The second-order valence-corrected chi connectivity index (χ2v) is 7.08. The fraction of sp³-hybridized carbons (Fsp3) is 0.562. The largest absolute Gasteiger partial charge is 0.444 e. The van der Waals surface area contributed by atoms with Crippen LogP contribution in [0.3, 0.4) is 0 Å². The van der Waals surface area contributed by atoms with E-state index < -0.39 is 5.60 Å². The summed E-state index contributed by atoms with van der Waals surface area (Å²) in [7, 11) is 0. The summed E-state index contributed by atoms with van der Waals surface area (Å²) in [5.41, 5.74) is 0.363. The van der Waals surface area contributed by atoms with Crippen molar-refractivity contribution in [3.05, 3.63) is 29.1 Å². The number of halogens is 1. The molecule has 2 aromatic heterocycles. The Balaban J connectivity index is 1.80. The van der Waals surface area contributed by atoms with Gasteiger partial charge in [-0.05, 0) is 45.1 Å². The van der Waals surface area contributed by atoms with E-state index in [-0.39, 0.29) is 34.9 Å². The van der Waals surface area contributed by atoms with E-state index in [4.69, 9.17) is 19.1 Å². The molecule has 1 fully saturated rings. The topological polar surface area (TPSA) is 59.7 Å². The summed E-state index contributed by atoms with van der Waals surface area (Å²) in [6, 6.07) is 0.0831. The average molecular weight is 339 g/mol. The first kappa shape index (κ1) is 13.6. The van der Waals surface area contributed by atoms with Crippen LogP contribution in [-0.4, -0.2) is 44.3 Å². The summed E-state index contributed by atoms with van der Waals surface area (Å²) in [6.07, 6.45) is 2.46. The lowest BCUT2D eigenvalue weighted by molar-refractivity contribution is 0.0205. The Hall–Kier alpha value is -1.82. The number of hydrogen-bond acceptors (Lipinski definition) is 4. The highest BCUT2D eigenvalue weighted by molar-refractivity contribution is 6.31. The van der Waals surface area contributed by atoms with Gasteiger partial charge in [-0.3, -0.25) is 0 Å². The third-order valence-corrected chi connectivity index (χ3v) is 4.09. The van der Waals surface area contributed by atoms with Crippen molar-refractivity contribution in [1.82, 2.24) is 19.5 Å². The number of likely N-dealkylation sites (tertiary alicyclic amines) is 1. The molecule has 1 aliphatic heterocycles. The third-order valence-electron chi connectivity index (χ3n) is 3.79. The maximum absolute atomic E-state index is 12.2. The highest BCUT2D eigenvalue weighted by atomic mass is 35.5. The Bertz CT molecular complexity index is 811. The molecule has 0 saturated carbocycles. The van der Waals surface area contributed by atoms with Crippen molar-refractivity contribution >= 4 is 23.3 Å². The van der Waals surface area contributed by atoms with Gasteiger partial charge in [-0.2, -0.15) is 5.10 Å². The molecule has 0 aliphatic carbocycles. The van der Waals surface area contributed by atoms with Gasteiger partial charge in [0.25, 0.3) is 0 Å². The molecule has 124 valence electrons. The second kappa shape index (κ2) is 6.00. The Morgan fingerprint density at radius 3 is 2.78 bits per heavy atom. The number of nitrogens with zero attached hydrogens (tertiary/aromatic N) is 4. The molecule has 0 spiro atoms. The maximum Gasteiger partial charge on any atom is 0.410 e. The lowest BCUT2D eigenvalue weighted by Gasteiger charge is -2.33. The highest BCUT2D eigenvalue weighted by Gasteiger charge is 2.28. The van der Waals surface area contributed by atoms with Crippen molar-refractivity contribution in [2.24, 2.45) is 0 Å². The Morgan fingerprint density at radius 2 is 2.13 bits per heavy atom. The van der Waals surface area contributed by atoms with Crippen LogP contribution in [0, 0.1) is 0 Å².